The molecule has 0 aliphatic heterocycles. The zero-order valence-electron chi connectivity index (χ0n) is 13.1. The van der Waals surface area contributed by atoms with Gasteiger partial charge >= 0.3 is 0 Å². The second-order valence-electron chi connectivity index (χ2n) is 6.03. The van der Waals surface area contributed by atoms with Crippen LogP contribution >= 0.6 is 11.8 Å². The molecule has 114 valence electrons. The number of aromatic nitrogens is 2. The lowest BCUT2D eigenvalue weighted by Gasteiger charge is -2.19. The first kappa shape index (κ1) is 17.0. The van der Waals surface area contributed by atoms with Crippen LogP contribution in [0.1, 0.15) is 46.0 Å². The van der Waals surface area contributed by atoms with Gasteiger partial charge in [-0.2, -0.15) is 0 Å². The molecule has 1 aromatic rings. The third-order valence-corrected chi connectivity index (χ3v) is 3.48. The van der Waals surface area contributed by atoms with Gasteiger partial charge in [0, 0.05) is 12.0 Å². The van der Waals surface area contributed by atoms with E-state index in [1.165, 1.54) is 16.7 Å². The summed E-state index contributed by atoms with van der Waals surface area (Å²) in [6, 6.07) is 0.195. The fourth-order valence-corrected chi connectivity index (χ4v) is 2.40. The highest BCUT2D eigenvalue weighted by atomic mass is 32.2. The Hall–Kier alpha value is -1.08. The van der Waals surface area contributed by atoms with Crippen LogP contribution in [0.4, 0.5) is 0 Å². The van der Waals surface area contributed by atoms with Crippen LogP contribution in [0, 0.1) is 0 Å². The van der Waals surface area contributed by atoms with Crippen molar-refractivity contribution in [3.05, 3.63) is 5.89 Å². The average Bonchev–Trinajstić information content (AvgIpc) is 2.73. The lowest BCUT2D eigenvalue weighted by Crippen LogP contribution is -3.06. The second kappa shape index (κ2) is 7.08. The minimum absolute atomic E-state index is 0.0347. The van der Waals surface area contributed by atoms with Crippen molar-refractivity contribution in [2.24, 2.45) is 0 Å². The van der Waals surface area contributed by atoms with Crippen LogP contribution in [-0.2, 0) is 4.79 Å². The van der Waals surface area contributed by atoms with Crippen molar-refractivity contribution in [2.45, 2.75) is 50.9 Å². The number of quaternary nitrogens is 1. The first-order valence-corrected chi connectivity index (χ1v) is 7.78. The number of nitrogens with one attached hydrogen (secondary N) is 2. The van der Waals surface area contributed by atoms with Crippen LogP contribution in [-0.4, -0.2) is 41.5 Å². The molecule has 0 fully saturated rings. The van der Waals surface area contributed by atoms with E-state index >= 15 is 0 Å². The summed E-state index contributed by atoms with van der Waals surface area (Å²) >= 11 is 1.27. The van der Waals surface area contributed by atoms with Gasteiger partial charge in [0.2, 0.25) is 5.91 Å². The molecule has 0 radical (unpaired) electrons. The molecule has 0 saturated heterocycles. The summed E-state index contributed by atoms with van der Waals surface area (Å²) < 4.78 is 5.62. The van der Waals surface area contributed by atoms with Crippen LogP contribution < -0.4 is 10.2 Å². The van der Waals surface area contributed by atoms with Gasteiger partial charge < -0.3 is 14.6 Å². The van der Waals surface area contributed by atoms with Crippen LogP contribution in [0.5, 0.6) is 0 Å². The van der Waals surface area contributed by atoms with E-state index in [2.05, 4.69) is 36.5 Å². The van der Waals surface area contributed by atoms with E-state index in [9.17, 15) is 4.79 Å². The Morgan fingerprint density at radius 2 is 2.05 bits per heavy atom. The summed E-state index contributed by atoms with van der Waals surface area (Å²) in [6.07, 6.45) is 0.930. The number of thioether (sulfide) groups is 1. The Morgan fingerprint density at radius 1 is 1.40 bits per heavy atom. The highest BCUT2D eigenvalue weighted by Crippen LogP contribution is 2.19. The van der Waals surface area contributed by atoms with Gasteiger partial charge in [-0.3, -0.25) is 4.79 Å². The van der Waals surface area contributed by atoms with Gasteiger partial charge in [-0.1, -0.05) is 18.7 Å². The monoisotopic (exact) mass is 301 g/mol. The Bertz CT molecular complexity index is 440. The fourth-order valence-electron chi connectivity index (χ4n) is 1.83. The minimum Gasteiger partial charge on any atom is -0.410 e. The third kappa shape index (κ3) is 5.50. The summed E-state index contributed by atoms with van der Waals surface area (Å²) in [7, 11) is 4.11. The van der Waals surface area contributed by atoms with Crippen molar-refractivity contribution in [2.75, 3.05) is 19.8 Å². The van der Waals surface area contributed by atoms with E-state index in [1.807, 2.05) is 20.8 Å². The molecule has 1 heterocycles. The minimum atomic E-state index is -0.223. The summed E-state index contributed by atoms with van der Waals surface area (Å²) in [5.74, 6) is 0.878. The molecule has 0 saturated carbocycles. The molecule has 0 spiro atoms. The zero-order chi connectivity index (χ0) is 15.3. The van der Waals surface area contributed by atoms with Crippen LogP contribution in [0.15, 0.2) is 9.64 Å². The number of hydrogen-bond donors (Lipinski definition) is 2. The third-order valence-electron chi connectivity index (χ3n) is 2.67. The predicted octanol–water partition coefficient (Wildman–Crippen LogP) is 0.672. The Labute approximate surface area is 124 Å². The van der Waals surface area contributed by atoms with Gasteiger partial charge in [0.25, 0.3) is 11.1 Å². The van der Waals surface area contributed by atoms with E-state index in [0.29, 0.717) is 11.1 Å². The lowest BCUT2D eigenvalue weighted by molar-refractivity contribution is -0.894. The maximum atomic E-state index is 11.7. The van der Waals surface area contributed by atoms with Crippen LogP contribution in [0.3, 0.4) is 0 Å². The van der Waals surface area contributed by atoms with E-state index in [4.69, 9.17) is 4.42 Å². The Kier molecular flexibility index (Phi) is 6.01. The maximum Gasteiger partial charge on any atom is 0.277 e. The van der Waals surface area contributed by atoms with Gasteiger partial charge in [-0.15, -0.1) is 10.2 Å². The van der Waals surface area contributed by atoms with Crippen molar-refractivity contribution >= 4 is 17.7 Å². The molecule has 0 bridgehead atoms. The van der Waals surface area contributed by atoms with Crippen molar-refractivity contribution in [1.82, 2.24) is 15.5 Å². The molecule has 0 unspecified atom stereocenters. The molecule has 6 nitrogen and oxygen atoms in total. The predicted molar refractivity (Wildman–Crippen MR) is 78.8 cm³/mol. The van der Waals surface area contributed by atoms with Crippen molar-refractivity contribution in [1.29, 1.82) is 0 Å². The van der Waals surface area contributed by atoms with Crippen LogP contribution in [0.2, 0.25) is 0 Å². The number of hydrogen-bond acceptors (Lipinski definition) is 5. The van der Waals surface area contributed by atoms with E-state index < -0.39 is 0 Å². The quantitative estimate of drug-likeness (QED) is 0.756. The normalized spacial score (nSPS) is 13.6. The van der Waals surface area contributed by atoms with Crippen LogP contribution in [0.25, 0.3) is 0 Å². The molecular formula is C13H25N4O2S+. The molecule has 0 aliphatic rings. The summed E-state index contributed by atoms with van der Waals surface area (Å²) in [5, 5.41) is 11.4. The van der Waals surface area contributed by atoms with Gasteiger partial charge in [0.05, 0.1) is 19.8 Å². The lowest BCUT2D eigenvalue weighted by atomic mass is 10.1. The number of carbonyl (C=O) groups is 1. The zero-order valence-corrected chi connectivity index (χ0v) is 13.9. The van der Waals surface area contributed by atoms with E-state index in [-0.39, 0.29) is 23.2 Å². The maximum absolute atomic E-state index is 11.7. The molecule has 1 rings (SSSR count). The Balaban J connectivity index is 2.54. The SMILES string of the molecule is CC[C@H](c1nnc(SCC(=O)NC(C)(C)C)o1)[NH+](C)C. The average molecular weight is 301 g/mol. The van der Waals surface area contributed by atoms with Gasteiger partial charge in [0.15, 0.2) is 6.04 Å². The molecule has 1 amide bonds. The largest absolute Gasteiger partial charge is 0.410 e. The van der Waals surface area contributed by atoms with Gasteiger partial charge in [0.1, 0.15) is 0 Å². The molecule has 0 aromatic carbocycles. The Morgan fingerprint density at radius 3 is 2.55 bits per heavy atom. The van der Waals surface area contributed by atoms with Crippen molar-refractivity contribution in [3.63, 3.8) is 0 Å². The van der Waals surface area contributed by atoms with Crippen molar-refractivity contribution < 1.29 is 14.1 Å². The fraction of sp³-hybridized carbons (Fsp3) is 0.769. The summed E-state index contributed by atoms with van der Waals surface area (Å²) in [4.78, 5) is 13.0. The molecule has 7 heteroatoms. The van der Waals surface area contributed by atoms with Gasteiger partial charge in [-0.25, -0.2) is 0 Å². The van der Waals surface area contributed by atoms with Gasteiger partial charge in [-0.05, 0) is 20.8 Å². The standard InChI is InChI=1S/C13H24N4O2S/c1-7-9(17(5)6)11-15-16-12(19-11)20-8-10(18)14-13(2,3)4/h9H,7-8H2,1-6H3,(H,14,18)/p+1/t9-/m1/s1. The molecule has 20 heavy (non-hydrogen) atoms. The first-order chi connectivity index (χ1) is 9.23. The smallest absolute Gasteiger partial charge is 0.277 e. The summed E-state index contributed by atoms with van der Waals surface area (Å²) in [5.41, 5.74) is -0.223. The second-order valence-corrected chi connectivity index (χ2v) is 6.96. The first-order valence-electron chi connectivity index (χ1n) is 6.80. The van der Waals surface area contributed by atoms with Crippen molar-refractivity contribution in [3.8, 4) is 0 Å². The van der Waals surface area contributed by atoms with E-state index in [1.54, 1.807) is 0 Å². The number of carbonyl (C=O) groups excluding carboxylic acids is 1. The molecule has 0 aliphatic carbocycles. The molecule has 2 N–H and O–H groups in total. The number of rotatable bonds is 6. The highest BCUT2D eigenvalue weighted by Gasteiger charge is 2.23. The molecule has 1 aromatic heterocycles. The highest BCUT2D eigenvalue weighted by molar-refractivity contribution is 7.99. The topological polar surface area (TPSA) is 72.5 Å². The van der Waals surface area contributed by atoms with E-state index in [0.717, 1.165) is 6.42 Å². The molecule has 1 atom stereocenters. The number of nitrogens with zero attached hydrogens (tertiary/aromatic N) is 2. The summed E-state index contributed by atoms with van der Waals surface area (Å²) in [6.45, 7) is 7.94. The number of amides is 1. The molecular weight excluding hydrogens is 276 g/mol.